The van der Waals surface area contributed by atoms with E-state index in [0.717, 1.165) is 0 Å². The van der Waals surface area contributed by atoms with Gasteiger partial charge in [0, 0.05) is 5.02 Å². The van der Waals surface area contributed by atoms with E-state index in [1.165, 1.54) is 31.4 Å². The average Bonchev–Trinajstić information content (AvgIpc) is 2.49. The molecular weight excluding hydrogens is 315 g/mol. The molecule has 7 heteroatoms. The maximum absolute atomic E-state index is 12.1. The van der Waals surface area contributed by atoms with E-state index in [1.54, 1.807) is 12.1 Å². The number of aromatic nitrogens is 1. The van der Waals surface area contributed by atoms with Crippen molar-refractivity contribution in [1.82, 2.24) is 4.98 Å². The zero-order valence-corrected chi connectivity index (χ0v) is 12.4. The number of pyridine rings is 1. The third-order valence-corrected chi connectivity index (χ3v) is 3.10. The molecule has 5 nitrogen and oxygen atoms in total. The van der Waals surface area contributed by atoms with Crippen LogP contribution in [0.4, 0.5) is 5.69 Å². The highest BCUT2D eigenvalue weighted by atomic mass is 35.5. The number of halogens is 2. The molecule has 1 amide bonds. The van der Waals surface area contributed by atoms with Gasteiger partial charge in [-0.3, -0.25) is 4.79 Å². The van der Waals surface area contributed by atoms with Crippen LogP contribution in [-0.4, -0.2) is 24.0 Å². The molecule has 2 rings (SSSR count). The lowest BCUT2D eigenvalue weighted by Gasteiger charge is -2.07. The fourth-order valence-corrected chi connectivity index (χ4v) is 2.01. The number of amides is 1. The number of rotatable bonds is 3. The predicted octanol–water partition coefficient (Wildman–Crippen LogP) is 3.43. The molecule has 21 heavy (non-hydrogen) atoms. The van der Waals surface area contributed by atoms with Gasteiger partial charge < -0.3 is 10.1 Å². The van der Waals surface area contributed by atoms with Crippen molar-refractivity contribution in [2.75, 3.05) is 12.4 Å². The second-order valence-corrected chi connectivity index (χ2v) is 4.82. The van der Waals surface area contributed by atoms with Gasteiger partial charge in [0.1, 0.15) is 11.4 Å². The van der Waals surface area contributed by atoms with Gasteiger partial charge in [0.15, 0.2) is 0 Å². The molecule has 1 heterocycles. The standard InChI is InChI=1S/C14H10Cl2N2O3/c1-21-14(20)12-4-2-3-11(17-12)13(19)18-10-6-5-8(15)7-9(10)16/h2-7H,1H3,(H,18,19). The number of benzene rings is 1. The molecule has 2 aromatic rings. The maximum Gasteiger partial charge on any atom is 0.356 e. The van der Waals surface area contributed by atoms with Crippen LogP contribution in [0.2, 0.25) is 10.0 Å². The zero-order valence-electron chi connectivity index (χ0n) is 10.9. The fraction of sp³-hybridized carbons (Fsp3) is 0.0714. The second kappa shape index (κ2) is 6.56. The number of carbonyl (C=O) groups is 2. The topological polar surface area (TPSA) is 68.3 Å². The van der Waals surface area contributed by atoms with E-state index < -0.39 is 11.9 Å². The summed E-state index contributed by atoms with van der Waals surface area (Å²) >= 11 is 11.8. The molecule has 1 N–H and O–H groups in total. The highest BCUT2D eigenvalue weighted by molar-refractivity contribution is 6.36. The summed E-state index contributed by atoms with van der Waals surface area (Å²) in [6.07, 6.45) is 0. The molecule has 0 unspecified atom stereocenters. The summed E-state index contributed by atoms with van der Waals surface area (Å²) < 4.78 is 4.55. The van der Waals surface area contributed by atoms with E-state index in [-0.39, 0.29) is 11.4 Å². The van der Waals surface area contributed by atoms with Crippen LogP contribution < -0.4 is 5.32 Å². The minimum Gasteiger partial charge on any atom is -0.464 e. The lowest BCUT2D eigenvalue weighted by Crippen LogP contribution is -2.16. The number of anilines is 1. The lowest BCUT2D eigenvalue weighted by atomic mass is 10.2. The largest absolute Gasteiger partial charge is 0.464 e. The molecule has 0 spiro atoms. The molecule has 0 atom stereocenters. The molecule has 0 aliphatic carbocycles. The molecule has 0 fully saturated rings. The van der Waals surface area contributed by atoms with E-state index >= 15 is 0 Å². The molecule has 0 aliphatic rings. The van der Waals surface area contributed by atoms with Crippen molar-refractivity contribution in [3.8, 4) is 0 Å². The first kappa shape index (κ1) is 15.3. The van der Waals surface area contributed by atoms with Crippen molar-refractivity contribution < 1.29 is 14.3 Å². The Balaban J connectivity index is 2.22. The van der Waals surface area contributed by atoms with Crippen molar-refractivity contribution >= 4 is 40.8 Å². The van der Waals surface area contributed by atoms with Crippen LogP contribution in [0, 0.1) is 0 Å². The van der Waals surface area contributed by atoms with Gasteiger partial charge in [0.25, 0.3) is 5.91 Å². The van der Waals surface area contributed by atoms with Crippen LogP contribution in [-0.2, 0) is 4.74 Å². The number of nitrogens with zero attached hydrogens (tertiary/aromatic N) is 1. The Hall–Kier alpha value is -2.11. The zero-order chi connectivity index (χ0) is 15.4. The fourth-order valence-electron chi connectivity index (χ4n) is 1.56. The Kier molecular flexibility index (Phi) is 4.77. The molecular formula is C14H10Cl2N2O3. The van der Waals surface area contributed by atoms with Crippen LogP contribution in [0.25, 0.3) is 0 Å². The minimum absolute atomic E-state index is 0.0485. The van der Waals surface area contributed by atoms with Crippen LogP contribution in [0.5, 0.6) is 0 Å². The van der Waals surface area contributed by atoms with Gasteiger partial charge in [0.2, 0.25) is 0 Å². The number of methoxy groups -OCH3 is 1. The van der Waals surface area contributed by atoms with E-state index in [4.69, 9.17) is 23.2 Å². The minimum atomic E-state index is -0.617. The maximum atomic E-state index is 12.1. The third kappa shape index (κ3) is 3.71. The van der Waals surface area contributed by atoms with E-state index in [1.807, 2.05) is 0 Å². The van der Waals surface area contributed by atoms with E-state index in [2.05, 4.69) is 15.0 Å². The van der Waals surface area contributed by atoms with Gasteiger partial charge >= 0.3 is 5.97 Å². The second-order valence-electron chi connectivity index (χ2n) is 3.98. The molecule has 0 saturated carbocycles. The first-order chi connectivity index (χ1) is 10.0. The van der Waals surface area contributed by atoms with Crippen LogP contribution in [0.3, 0.4) is 0 Å². The van der Waals surface area contributed by atoms with Crippen molar-refractivity contribution in [3.63, 3.8) is 0 Å². The number of hydrogen-bond acceptors (Lipinski definition) is 4. The van der Waals surface area contributed by atoms with E-state index in [9.17, 15) is 9.59 Å². The van der Waals surface area contributed by atoms with Crippen LogP contribution >= 0.6 is 23.2 Å². The molecule has 0 saturated heterocycles. The highest BCUT2D eigenvalue weighted by Crippen LogP contribution is 2.25. The van der Waals surface area contributed by atoms with Crippen molar-refractivity contribution in [3.05, 3.63) is 57.8 Å². The SMILES string of the molecule is COC(=O)c1cccc(C(=O)Nc2ccc(Cl)cc2Cl)n1. The van der Waals surface area contributed by atoms with Gasteiger partial charge in [-0.05, 0) is 30.3 Å². The van der Waals surface area contributed by atoms with Crippen molar-refractivity contribution in [2.24, 2.45) is 0 Å². The number of esters is 1. The highest BCUT2D eigenvalue weighted by Gasteiger charge is 2.13. The molecule has 0 radical (unpaired) electrons. The van der Waals surface area contributed by atoms with Crippen LogP contribution in [0.15, 0.2) is 36.4 Å². The van der Waals surface area contributed by atoms with Crippen molar-refractivity contribution in [1.29, 1.82) is 0 Å². The van der Waals surface area contributed by atoms with Gasteiger partial charge in [-0.2, -0.15) is 0 Å². The lowest BCUT2D eigenvalue weighted by molar-refractivity contribution is 0.0594. The first-order valence-electron chi connectivity index (χ1n) is 5.83. The summed E-state index contributed by atoms with van der Waals surface area (Å²) in [6.45, 7) is 0. The summed E-state index contributed by atoms with van der Waals surface area (Å²) in [4.78, 5) is 27.4. The number of hydrogen-bond donors (Lipinski definition) is 1. The van der Waals surface area contributed by atoms with Gasteiger partial charge in [-0.15, -0.1) is 0 Å². The Morgan fingerprint density at radius 3 is 2.52 bits per heavy atom. The Morgan fingerprint density at radius 2 is 1.86 bits per heavy atom. The number of ether oxygens (including phenoxy) is 1. The van der Waals surface area contributed by atoms with Crippen LogP contribution in [0.1, 0.15) is 21.0 Å². The average molecular weight is 325 g/mol. The molecule has 0 bridgehead atoms. The number of carbonyl (C=O) groups excluding carboxylic acids is 2. The van der Waals surface area contributed by atoms with Crippen molar-refractivity contribution in [2.45, 2.75) is 0 Å². The molecule has 0 aliphatic heterocycles. The summed E-state index contributed by atoms with van der Waals surface area (Å²) in [5, 5.41) is 3.36. The molecule has 1 aromatic heterocycles. The summed E-state index contributed by atoms with van der Waals surface area (Å²) in [7, 11) is 1.24. The normalized spacial score (nSPS) is 10.0. The number of nitrogens with one attached hydrogen (secondary N) is 1. The Bertz CT molecular complexity index is 704. The Morgan fingerprint density at radius 1 is 1.14 bits per heavy atom. The summed E-state index contributed by atoms with van der Waals surface area (Å²) in [6, 6.07) is 9.16. The quantitative estimate of drug-likeness (QED) is 0.878. The Labute approximate surface area is 130 Å². The van der Waals surface area contributed by atoms with E-state index in [0.29, 0.717) is 15.7 Å². The van der Waals surface area contributed by atoms with Gasteiger partial charge in [-0.25, -0.2) is 9.78 Å². The van der Waals surface area contributed by atoms with Gasteiger partial charge in [-0.1, -0.05) is 29.3 Å². The predicted molar refractivity (Wildman–Crippen MR) is 80.0 cm³/mol. The monoisotopic (exact) mass is 324 g/mol. The summed E-state index contributed by atoms with van der Waals surface area (Å²) in [5.41, 5.74) is 0.521. The summed E-state index contributed by atoms with van der Waals surface area (Å²) in [5.74, 6) is -1.11. The molecule has 1 aromatic carbocycles. The first-order valence-corrected chi connectivity index (χ1v) is 6.58. The van der Waals surface area contributed by atoms with Gasteiger partial charge in [0.05, 0.1) is 17.8 Å². The smallest absolute Gasteiger partial charge is 0.356 e. The third-order valence-electron chi connectivity index (χ3n) is 2.56. The molecule has 108 valence electrons.